The quantitative estimate of drug-likeness (QED) is 0.766. The van der Waals surface area contributed by atoms with E-state index in [2.05, 4.69) is 20.5 Å². The van der Waals surface area contributed by atoms with E-state index in [4.69, 9.17) is 9.47 Å². The van der Waals surface area contributed by atoms with Crippen molar-refractivity contribution in [3.8, 4) is 11.5 Å². The van der Waals surface area contributed by atoms with Crippen LogP contribution in [-0.4, -0.2) is 68.8 Å². The smallest absolute Gasteiger partial charge is 0.317 e. The Balaban J connectivity index is 1.47. The summed E-state index contributed by atoms with van der Waals surface area (Å²) >= 11 is 0. The fourth-order valence-electron chi connectivity index (χ4n) is 3.05. The van der Waals surface area contributed by atoms with Crippen LogP contribution in [0.15, 0.2) is 42.6 Å². The number of aromatic nitrogens is 1. The zero-order chi connectivity index (χ0) is 20.6. The van der Waals surface area contributed by atoms with E-state index in [0.717, 1.165) is 5.82 Å². The molecular weight excluding hydrogens is 374 g/mol. The van der Waals surface area contributed by atoms with Crippen molar-refractivity contribution in [2.75, 3.05) is 57.2 Å². The van der Waals surface area contributed by atoms with Gasteiger partial charge in [0, 0.05) is 38.4 Å². The number of rotatable bonds is 6. The first-order chi connectivity index (χ1) is 14.1. The number of carbonyl (C=O) groups excluding carboxylic acids is 2. The van der Waals surface area contributed by atoms with Crippen LogP contribution in [0.1, 0.15) is 0 Å². The molecule has 3 amide bonds. The highest BCUT2D eigenvalue weighted by molar-refractivity contribution is 5.95. The molecule has 0 bridgehead atoms. The zero-order valence-corrected chi connectivity index (χ0v) is 16.6. The lowest BCUT2D eigenvalue weighted by Crippen LogP contribution is -2.52. The molecule has 0 radical (unpaired) electrons. The normalized spacial score (nSPS) is 13.6. The summed E-state index contributed by atoms with van der Waals surface area (Å²) in [5, 5.41) is 5.39. The van der Waals surface area contributed by atoms with Crippen LogP contribution in [0.4, 0.5) is 16.3 Å². The first-order valence-electron chi connectivity index (χ1n) is 9.31. The summed E-state index contributed by atoms with van der Waals surface area (Å²) in [6.07, 6.45) is 1.75. The molecule has 2 N–H and O–H groups in total. The molecule has 3 rings (SSSR count). The Bertz CT molecular complexity index is 838. The Kier molecular flexibility index (Phi) is 6.72. The lowest BCUT2D eigenvalue weighted by Gasteiger charge is -2.35. The molecule has 1 aliphatic rings. The monoisotopic (exact) mass is 399 g/mol. The van der Waals surface area contributed by atoms with Gasteiger partial charge < -0.3 is 29.9 Å². The lowest BCUT2D eigenvalue weighted by molar-refractivity contribution is -0.115. The summed E-state index contributed by atoms with van der Waals surface area (Å²) in [6.45, 7) is 2.37. The number of anilines is 2. The van der Waals surface area contributed by atoms with Crippen LogP contribution >= 0.6 is 0 Å². The van der Waals surface area contributed by atoms with Crippen molar-refractivity contribution in [2.45, 2.75) is 0 Å². The van der Waals surface area contributed by atoms with Gasteiger partial charge in [-0.05, 0) is 24.3 Å². The standard InChI is InChI=1S/C20H25N5O4/c1-28-15-6-7-17(29-2)16(13-15)23-19(26)14-22-20(27)25-11-9-24(10-12-25)18-5-3-4-8-21-18/h3-8,13H,9-12,14H2,1-2H3,(H,22,27)(H,23,26). The van der Waals surface area contributed by atoms with E-state index in [-0.39, 0.29) is 18.5 Å². The molecule has 0 spiro atoms. The highest BCUT2D eigenvalue weighted by atomic mass is 16.5. The van der Waals surface area contributed by atoms with E-state index in [0.29, 0.717) is 43.4 Å². The largest absolute Gasteiger partial charge is 0.497 e. The number of hydrogen-bond acceptors (Lipinski definition) is 6. The number of urea groups is 1. The number of methoxy groups -OCH3 is 2. The van der Waals surface area contributed by atoms with E-state index in [9.17, 15) is 9.59 Å². The Morgan fingerprint density at radius 1 is 1.07 bits per heavy atom. The number of carbonyl (C=O) groups is 2. The predicted octanol–water partition coefficient (Wildman–Crippen LogP) is 1.57. The van der Waals surface area contributed by atoms with E-state index in [1.165, 1.54) is 7.11 Å². The average Bonchev–Trinajstić information content (AvgIpc) is 2.78. The SMILES string of the molecule is COc1ccc(OC)c(NC(=O)CNC(=O)N2CCN(c3ccccn3)CC2)c1. The van der Waals surface area contributed by atoms with Crippen LogP contribution in [0.5, 0.6) is 11.5 Å². The Labute approximate surface area is 169 Å². The number of piperazine rings is 1. The molecule has 9 heteroatoms. The summed E-state index contributed by atoms with van der Waals surface area (Å²) in [4.78, 5) is 32.8. The van der Waals surface area contributed by atoms with Crippen molar-refractivity contribution in [3.63, 3.8) is 0 Å². The number of nitrogens with zero attached hydrogens (tertiary/aromatic N) is 3. The van der Waals surface area contributed by atoms with E-state index in [1.54, 1.807) is 36.4 Å². The molecular formula is C20H25N5O4. The van der Waals surface area contributed by atoms with E-state index in [1.807, 2.05) is 18.2 Å². The summed E-state index contributed by atoms with van der Waals surface area (Å²) in [5.41, 5.74) is 0.482. The third-order valence-electron chi connectivity index (χ3n) is 4.62. The fraction of sp³-hybridized carbons (Fsp3) is 0.350. The van der Waals surface area contributed by atoms with Crippen molar-refractivity contribution >= 4 is 23.4 Å². The number of pyridine rings is 1. The molecule has 1 saturated heterocycles. The molecule has 1 fully saturated rings. The molecule has 1 aromatic heterocycles. The third-order valence-corrected chi connectivity index (χ3v) is 4.62. The molecule has 0 atom stereocenters. The summed E-state index contributed by atoms with van der Waals surface area (Å²) in [7, 11) is 3.06. The lowest BCUT2D eigenvalue weighted by atomic mass is 10.2. The van der Waals surface area contributed by atoms with Gasteiger partial charge in [-0.25, -0.2) is 9.78 Å². The molecule has 1 aliphatic heterocycles. The highest BCUT2D eigenvalue weighted by Crippen LogP contribution is 2.28. The first-order valence-corrected chi connectivity index (χ1v) is 9.31. The summed E-state index contributed by atoms with van der Waals surface area (Å²) in [5.74, 6) is 1.66. The second-order valence-corrected chi connectivity index (χ2v) is 6.44. The molecule has 2 heterocycles. The van der Waals surface area contributed by atoms with Gasteiger partial charge in [0.2, 0.25) is 5.91 Å². The second kappa shape index (κ2) is 9.63. The predicted molar refractivity (Wildman–Crippen MR) is 110 cm³/mol. The van der Waals surface area contributed by atoms with Gasteiger partial charge in [0.25, 0.3) is 0 Å². The molecule has 0 unspecified atom stereocenters. The van der Waals surface area contributed by atoms with Gasteiger partial charge in [-0.3, -0.25) is 4.79 Å². The van der Waals surface area contributed by atoms with Crippen molar-refractivity contribution in [2.24, 2.45) is 0 Å². The van der Waals surface area contributed by atoms with Gasteiger partial charge in [0.05, 0.1) is 26.5 Å². The van der Waals surface area contributed by atoms with Gasteiger partial charge in [0.15, 0.2) is 0 Å². The van der Waals surface area contributed by atoms with Crippen molar-refractivity contribution in [3.05, 3.63) is 42.6 Å². The maximum atomic E-state index is 12.4. The average molecular weight is 399 g/mol. The molecule has 29 heavy (non-hydrogen) atoms. The van der Waals surface area contributed by atoms with Crippen LogP contribution in [0.3, 0.4) is 0 Å². The fourth-order valence-corrected chi connectivity index (χ4v) is 3.05. The van der Waals surface area contributed by atoms with Crippen LogP contribution in [0, 0.1) is 0 Å². The summed E-state index contributed by atoms with van der Waals surface area (Å²) in [6, 6.07) is 10.6. The second-order valence-electron chi connectivity index (χ2n) is 6.44. The van der Waals surface area contributed by atoms with Gasteiger partial charge in [-0.2, -0.15) is 0 Å². The van der Waals surface area contributed by atoms with E-state index >= 15 is 0 Å². The molecule has 154 valence electrons. The zero-order valence-electron chi connectivity index (χ0n) is 16.6. The molecule has 1 aromatic carbocycles. The van der Waals surface area contributed by atoms with Crippen molar-refractivity contribution < 1.29 is 19.1 Å². The van der Waals surface area contributed by atoms with Crippen LogP contribution in [0.2, 0.25) is 0 Å². The number of ether oxygens (including phenoxy) is 2. The van der Waals surface area contributed by atoms with Crippen LogP contribution < -0.4 is 25.0 Å². The Morgan fingerprint density at radius 3 is 2.52 bits per heavy atom. The Morgan fingerprint density at radius 2 is 1.86 bits per heavy atom. The van der Waals surface area contributed by atoms with Gasteiger partial charge in [-0.15, -0.1) is 0 Å². The van der Waals surface area contributed by atoms with E-state index < -0.39 is 0 Å². The Hall–Kier alpha value is -3.49. The highest BCUT2D eigenvalue weighted by Gasteiger charge is 2.22. The minimum absolute atomic E-state index is 0.139. The maximum absolute atomic E-state index is 12.4. The minimum Gasteiger partial charge on any atom is -0.497 e. The summed E-state index contributed by atoms with van der Waals surface area (Å²) < 4.78 is 10.4. The number of hydrogen-bond donors (Lipinski definition) is 2. The number of benzene rings is 1. The van der Waals surface area contributed by atoms with Crippen molar-refractivity contribution in [1.82, 2.24) is 15.2 Å². The number of amides is 3. The minimum atomic E-state index is -0.350. The van der Waals surface area contributed by atoms with Gasteiger partial charge in [0.1, 0.15) is 17.3 Å². The van der Waals surface area contributed by atoms with Crippen molar-refractivity contribution in [1.29, 1.82) is 0 Å². The number of nitrogens with one attached hydrogen (secondary N) is 2. The van der Waals surface area contributed by atoms with Gasteiger partial charge in [-0.1, -0.05) is 6.07 Å². The molecule has 0 aliphatic carbocycles. The third kappa shape index (κ3) is 5.28. The van der Waals surface area contributed by atoms with Gasteiger partial charge >= 0.3 is 6.03 Å². The molecule has 2 aromatic rings. The van der Waals surface area contributed by atoms with Crippen LogP contribution in [-0.2, 0) is 4.79 Å². The molecule has 0 saturated carbocycles. The molecule has 9 nitrogen and oxygen atoms in total. The van der Waals surface area contributed by atoms with Crippen LogP contribution in [0.25, 0.3) is 0 Å². The maximum Gasteiger partial charge on any atom is 0.317 e. The topological polar surface area (TPSA) is 96.0 Å². The first kappa shape index (κ1) is 20.2.